The molecule has 1 unspecified atom stereocenters. The average molecular weight is 346 g/mol. The van der Waals surface area contributed by atoms with Crippen molar-refractivity contribution in [3.8, 4) is 0 Å². The smallest absolute Gasteiger partial charge is 0.410 e. The van der Waals surface area contributed by atoms with E-state index in [1.54, 1.807) is 11.8 Å². The lowest BCUT2D eigenvalue weighted by molar-refractivity contribution is -0.151. The van der Waals surface area contributed by atoms with E-state index in [-0.39, 0.29) is 19.1 Å². The van der Waals surface area contributed by atoms with Crippen LogP contribution in [0.3, 0.4) is 0 Å². The maximum Gasteiger partial charge on any atom is 0.410 e. The SMILES string of the molecule is CCN/C=C1\CCN(C(=O)OCc2ccccc2)CC1(C)C(=O)OC. The number of likely N-dealkylation sites (tertiary alicyclic amines) is 1. The quantitative estimate of drug-likeness (QED) is 0.830. The normalized spacial score (nSPS) is 21.7. The van der Waals surface area contributed by atoms with Crippen LogP contribution in [0.2, 0.25) is 0 Å². The van der Waals surface area contributed by atoms with Gasteiger partial charge in [0.05, 0.1) is 7.11 Å². The summed E-state index contributed by atoms with van der Waals surface area (Å²) in [6.45, 7) is 5.53. The molecule has 1 N–H and O–H groups in total. The van der Waals surface area contributed by atoms with Gasteiger partial charge in [-0.05, 0) is 37.6 Å². The Morgan fingerprint density at radius 2 is 2.04 bits per heavy atom. The van der Waals surface area contributed by atoms with E-state index in [1.165, 1.54) is 7.11 Å². The molecule has 0 aromatic heterocycles. The first kappa shape index (κ1) is 18.8. The van der Waals surface area contributed by atoms with E-state index in [1.807, 2.05) is 43.5 Å². The van der Waals surface area contributed by atoms with Crippen LogP contribution >= 0.6 is 0 Å². The van der Waals surface area contributed by atoms with Crippen LogP contribution in [0.15, 0.2) is 42.1 Å². The van der Waals surface area contributed by atoms with Gasteiger partial charge in [-0.2, -0.15) is 0 Å². The molecule has 1 aliphatic rings. The van der Waals surface area contributed by atoms with Crippen LogP contribution in [-0.2, 0) is 20.9 Å². The number of nitrogens with zero attached hydrogens (tertiary/aromatic N) is 1. The van der Waals surface area contributed by atoms with Gasteiger partial charge in [-0.1, -0.05) is 30.3 Å². The number of benzene rings is 1. The summed E-state index contributed by atoms with van der Waals surface area (Å²) in [5.41, 5.74) is 0.991. The van der Waals surface area contributed by atoms with Crippen LogP contribution in [0.4, 0.5) is 4.79 Å². The summed E-state index contributed by atoms with van der Waals surface area (Å²) in [6, 6.07) is 9.51. The largest absolute Gasteiger partial charge is 0.468 e. The summed E-state index contributed by atoms with van der Waals surface area (Å²) < 4.78 is 10.4. The number of ether oxygens (including phenoxy) is 2. The number of piperidine rings is 1. The molecule has 6 heteroatoms. The Bertz CT molecular complexity index is 630. The predicted octanol–water partition coefficient (Wildman–Crippen LogP) is 2.70. The third-order valence-corrected chi connectivity index (χ3v) is 4.45. The summed E-state index contributed by atoms with van der Waals surface area (Å²) in [5.74, 6) is -0.350. The van der Waals surface area contributed by atoms with E-state index in [0.717, 1.165) is 17.7 Å². The van der Waals surface area contributed by atoms with Gasteiger partial charge in [-0.25, -0.2) is 4.79 Å². The number of rotatable bonds is 5. The second-order valence-electron chi connectivity index (χ2n) is 6.26. The highest BCUT2D eigenvalue weighted by molar-refractivity contribution is 5.82. The number of amides is 1. The van der Waals surface area contributed by atoms with Crippen molar-refractivity contribution in [2.45, 2.75) is 26.9 Å². The minimum Gasteiger partial charge on any atom is -0.468 e. The van der Waals surface area contributed by atoms with Crippen LogP contribution in [0.25, 0.3) is 0 Å². The third kappa shape index (κ3) is 4.53. The Labute approximate surface area is 148 Å². The molecule has 1 heterocycles. The van der Waals surface area contributed by atoms with Gasteiger partial charge in [0.15, 0.2) is 0 Å². The van der Waals surface area contributed by atoms with Crippen LogP contribution in [0.1, 0.15) is 25.8 Å². The van der Waals surface area contributed by atoms with Crippen LogP contribution in [-0.4, -0.2) is 43.7 Å². The van der Waals surface area contributed by atoms with Gasteiger partial charge < -0.3 is 19.7 Å². The number of carbonyl (C=O) groups is 2. The number of carbonyl (C=O) groups excluding carboxylic acids is 2. The van der Waals surface area contributed by atoms with Crippen molar-refractivity contribution in [1.29, 1.82) is 0 Å². The molecule has 1 saturated heterocycles. The van der Waals surface area contributed by atoms with E-state index in [0.29, 0.717) is 13.0 Å². The fourth-order valence-corrected chi connectivity index (χ4v) is 2.94. The molecule has 1 atom stereocenters. The molecule has 1 aromatic carbocycles. The van der Waals surface area contributed by atoms with E-state index in [4.69, 9.17) is 9.47 Å². The highest BCUT2D eigenvalue weighted by atomic mass is 16.6. The van der Waals surface area contributed by atoms with E-state index in [9.17, 15) is 9.59 Å². The van der Waals surface area contributed by atoms with E-state index >= 15 is 0 Å². The van der Waals surface area contributed by atoms with Crippen molar-refractivity contribution in [1.82, 2.24) is 10.2 Å². The predicted molar refractivity (Wildman–Crippen MR) is 94.7 cm³/mol. The van der Waals surface area contributed by atoms with Crippen LogP contribution in [0, 0.1) is 5.41 Å². The van der Waals surface area contributed by atoms with Gasteiger partial charge in [0.1, 0.15) is 12.0 Å². The first-order valence-corrected chi connectivity index (χ1v) is 8.48. The summed E-state index contributed by atoms with van der Waals surface area (Å²) in [7, 11) is 1.37. The number of nitrogens with one attached hydrogen (secondary N) is 1. The van der Waals surface area contributed by atoms with E-state index < -0.39 is 11.5 Å². The standard InChI is InChI=1S/C19H26N2O4/c1-4-20-12-16-10-11-21(14-19(16,2)17(22)24-3)18(23)25-13-15-8-6-5-7-9-15/h5-9,12,20H,4,10-11,13-14H2,1-3H3/b16-12+. The van der Waals surface area contributed by atoms with Crippen molar-refractivity contribution in [2.24, 2.45) is 5.41 Å². The molecule has 1 amide bonds. The minimum absolute atomic E-state index is 0.213. The molecule has 0 saturated carbocycles. The van der Waals surface area contributed by atoms with Gasteiger partial charge >= 0.3 is 12.1 Å². The Morgan fingerprint density at radius 1 is 1.32 bits per heavy atom. The maximum atomic E-state index is 12.4. The van der Waals surface area contributed by atoms with Crippen molar-refractivity contribution in [2.75, 3.05) is 26.7 Å². The number of esters is 1. The minimum atomic E-state index is -0.874. The molecule has 0 aliphatic carbocycles. The first-order chi connectivity index (χ1) is 12.0. The Morgan fingerprint density at radius 3 is 2.68 bits per heavy atom. The Balaban J connectivity index is 2.05. The molecule has 1 aliphatic heterocycles. The number of methoxy groups -OCH3 is 1. The number of hydrogen-bond acceptors (Lipinski definition) is 5. The van der Waals surface area contributed by atoms with Crippen LogP contribution in [0.5, 0.6) is 0 Å². The van der Waals surface area contributed by atoms with Gasteiger partial charge in [0.2, 0.25) is 0 Å². The molecule has 1 aromatic rings. The molecular weight excluding hydrogens is 320 g/mol. The fraction of sp³-hybridized carbons (Fsp3) is 0.474. The highest BCUT2D eigenvalue weighted by Gasteiger charge is 2.44. The summed E-state index contributed by atoms with van der Waals surface area (Å²) >= 11 is 0. The molecule has 25 heavy (non-hydrogen) atoms. The zero-order valence-electron chi connectivity index (χ0n) is 15.1. The topological polar surface area (TPSA) is 67.9 Å². The van der Waals surface area contributed by atoms with Gasteiger partial charge in [0.25, 0.3) is 0 Å². The fourth-order valence-electron chi connectivity index (χ4n) is 2.94. The molecule has 1 fully saturated rings. The first-order valence-electron chi connectivity index (χ1n) is 8.48. The zero-order chi connectivity index (χ0) is 18.3. The van der Waals surface area contributed by atoms with Crippen molar-refractivity contribution >= 4 is 12.1 Å². The van der Waals surface area contributed by atoms with Crippen molar-refractivity contribution < 1.29 is 19.1 Å². The lowest BCUT2D eigenvalue weighted by Crippen LogP contribution is -2.50. The Hall–Kier alpha value is -2.50. The lowest BCUT2D eigenvalue weighted by Gasteiger charge is -2.39. The maximum absolute atomic E-state index is 12.4. The van der Waals surface area contributed by atoms with E-state index in [2.05, 4.69) is 5.32 Å². The van der Waals surface area contributed by atoms with Gasteiger partial charge in [0, 0.05) is 19.6 Å². The molecule has 0 radical (unpaired) electrons. The molecule has 136 valence electrons. The molecule has 0 spiro atoms. The van der Waals surface area contributed by atoms with Gasteiger partial charge in [-0.15, -0.1) is 0 Å². The summed E-state index contributed by atoms with van der Waals surface area (Å²) in [4.78, 5) is 26.3. The second-order valence-corrected chi connectivity index (χ2v) is 6.26. The highest BCUT2D eigenvalue weighted by Crippen LogP contribution is 2.36. The molecular formula is C19H26N2O4. The third-order valence-electron chi connectivity index (χ3n) is 4.45. The average Bonchev–Trinajstić information content (AvgIpc) is 2.65. The lowest BCUT2D eigenvalue weighted by atomic mass is 9.77. The van der Waals surface area contributed by atoms with Crippen molar-refractivity contribution in [3.05, 3.63) is 47.7 Å². The summed E-state index contributed by atoms with van der Waals surface area (Å²) in [6.07, 6.45) is 2.05. The van der Waals surface area contributed by atoms with Gasteiger partial charge in [-0.3, -0.25) is 4.79 Å². The van der Waals surface area contributed by atoms with Crippen LogP contribution < -0.4 is 5.32 Å². The number of hydrogen-bond donors (Lipinski definition) is 1. The second kappa shape index (κ2) is 8.55. The van der Waals surface area contributed by atoms with Crippen molar-refractivity contribution in [3.63, 3.8) is 0 Å². The zero-order valence-corrected chi connectivity index (χ0v) is 15.1. The summed E-state index contributed by atoms with van der Waals surface area (Å²) in [5, 5.41) is 3.14. The monoisotopic (exact) mass is 346 g/mol. The Kier molecular flexibility index (Phi) is 6.44. The molecule has 6 nitrogen and oxygen atoms in total. The molecule has 2 rings (SSSR count). The molecule has 0 bridgehead atoms.